The van der Waals surface area contributed by atoms with Crippen molar-refractivity contribution in [1.82, 2.24) is 0 Å². The topological polar surface area (TPSA) is 57.6 Å². The molecule has 0 aliphatic carbocycles. The molecule has 1 heterocycles. The third-order valence-corrected chi connectivity index (χ3v) is 6.43. The fourth-order valence-corrected chi connectivity index (χ4v) is 4.61. The Bertz CT molecular complexity index is 1190. The number of carboxylic acids is 1. The Morgan fingerprint density at radius 2 is 1.68 bits per heavy atom. The van der Waals surface area contributed by atoms with E-state index >= 15 is 0 Å². The van der Waals surface area contributed by atoms with Crippen molar-refractivity contribution in [3.8, 4) is 10.4 Å². The second-order valence-electron chi connectivity index (χ2n) is 8.15. The number of hydrogen-bond donors (Lipinski definition) is 1. The number of halogens is 3. The zero-order chi connectivity index (χ0) is 25.0. The van der Waals surface area contributed by atoms with Crippen molar-refractivity contribution in [2.24, 2.45) is 0 Å². The molecule has 0 bridgehead atoms. The number of likely N-dealkylation sites (N-methyl/N-ethyl adjacent to an activating group) is 1. The average Bonchev–Trinajstić information content (AvgIpc) is 3.21. The summed E-state index contributed by atoms with van der Waals surface area (Å²) < 4.78 is 38.6. The monoisotopic (exact) mass is 487 g/mol. The summed E-state index contributed by atoms with van der Waals surface area (Å²) in [6.45, 7) is 3.89. The molecule has 8 heteroatoms. The zero-order valence-electron chi connectivity index (χ0n) is 18.9. The normalized spacial score (nSPS) is 11.9. The van der Waals surface area contributed by atoms with Crippen LogP contribution in [0.25, 0.3) is 16.5 Å². The quantitative estimate of drug-likeness (QED) is 0.275. The summed E-state index contributed by atoms with van der Waals surface area (Å²) in [5.74, 6) is -0.983. The standard InChI is InChI=1S/C26H24F3NO3S/c1-16(2)21-14-24(18-4-8-19(9-5-18)26(27,28)29)34-23(21)13-12-22(31)17-6-10-20(11-7-17)30(3)15-25(32)33/h4-14,16H,15H2,1-3H3,(H,32,33). The van der Waals surface area contributed by atoms with Gasteiger partial charge in [0, 0.05) is 28.1 Å². The van der Waals surface area contributed by atoms with Crippen molar-refractivity contribution in [1.29, 1.82) is 0 Å². The van der Waals surface area contributed by atoms with Crippen LogP contribution in [0.3, 0.4) is 0 Å². The number of benzene rings is 2. The summed E-state index contributed by atoms with van der Waals surface area (Å²) in [5.41, 5.74) is 2.16. The highest BCUT2D eigenvalue weighted by atomic mass is 32.1. The molecule has 34 heavy (non-hydrogen) atoms. The summed E-state index contributed by atoms with van der Waals surface area (Å²) >= 11 is 1.42. The molecule has 0 fully saturated rings. The Hall–Kier alpha value is -3.39. The number of thiophene rings is 1. The number of hydrogen-bond acceptors (Lipinski definition) is 4. The van der Waals surface area contributed by atoms with E-state index in [2.05, 4.69) is 0 Å². The van der Waals surface area contributed by atoms with Crippen LogP contribution in [-0.2, 0) is 11.0 Å². The predicted octanol–water partition coefficient (Wildman–Crippen LogP) is 6.97. The van der Waals surface area contributed by atoms with Crippen molar-refractivity contribution in [3.63, 3.8) is 0 Å². The van der Waals surface area contributed by atoms with E-state index in [0.717, 1.165) is 27.5 Å². The van der Waals surface area contributed by atoms with Gasteiger partial charge >= 0.3 is 12.1 Å². The maximum Gasteiger partial charge on any atom is 0.416 e. The van der Waals surface area contributed by atoms with Crippen LogP contribution in [0.2, 0.25) is 0 Å². The summed E-state index contributed by atoms with van der Waals surface area (Å²) in [6.07, 6.45) is -1.17. The minimum Gasteiger partial charge on any atom is -0.480 e. The lowest BCUT2D eigenvalue weighted by Gasteiger charge is -2.16. The molecule has 4 nitrogen and oxygen atoms in total. The number of carbonyl (C=O) groups excluding carboxylic acids is 1. The number of anilines is 1. The molecule has 0 saturated carbocycles. The number of carbonyl (C=O) groups is 2. The molecule has 1 N–H and O–H groups in total. The zero-order valence-corrected chi connectivity index (χ0v) is 19.7. The molecule has 0 amide bonds. The van der Waals surface area contributed by atoms with E-state index in [4.69, 9.17) is 5.11 Å². The molecule has 2 aromatic carbocycles. The Morgan fingerprint density at radius 1 is 1.06 bits per heavy atom. The smallest absolute Gasteiger partial charge is 0.416 e. The van der Waals surface area contributed by atoms with Gasteiger partial charge in [-0.3, -0.25) is 9.59 Å². The first-order valence-electron chi connectivity index (χ1n) is 10.5. The van der Waals surface area contributed by atoms with Gasteiger partial charge in [0.15, 0.2) is 5.78 Å². The molecule has 178 valence electrons. The molecular formula is C26H24F3NO3S. The van der Waals surface area contributed by atoms with Crippen molar-refractivity contribution in [2.45, 2.75) is 25.9 Å². The second-order valence-corrected chi connectivity index (χ2v) is 9.24. The fraction of sp³-hybridized carbons (Fsp3) is 0.231. The van der Waals surface area contributed by atoms with E-state index in [0.29, 0.717) is 16.8 Å². The lowest BCUT2D eigenvalue weighted by molar-refractivity contribution is -0.137. The number of alkyl halides is 3. The van der Waals surface area contributed by atoms with Crippen LogP contribution < -0.4 is 4.90 Å². The average molecular weight is 488 g/mol. The largest absolute Gasteiger partial charge is 0.480 e. The molecule has 0 spiro atoms. The molecule has 3 rings (SSSR count). The van der Waals surface area contributed by atoms with Crippen LogP contribution in [0.4, 0.5) is 18.9 Å². The van der Waals surface area contributed by atoms with Crippen LogP contribution in [0.15, 0.2) is 60.7 Å². The third-order valence-electron chi connectivity index (χ3n) is 5.26. The Morgan fingerprint density at radius 3 is 2.21 bits per heavy atom. The molecule has 0 atom stereocenters. The van der Waals surface area contributed by atoms with Gasteiger partial charge in [0.1, 0.15) is 6.54 Å². The van der Waals surface area contributed by atoms with Crippen LogP contribution in [0.1, 0.15) is 46.1 Å². The van der Waals surface area contributed by atoms with E-state index in [1.165, 1.54) is 29.5 Å². The van der Waals surface area contributed by atoms with Gasteiger partial charge in [-0.25, -0.2) is 0 Å². The van der Waals surface area contributed by atoms with Gasteiger partial charge in [-0.15, -0.1) is 11.3 Å². The first kappa shape index (κ1) is 25.2. The molecule has 0 saturated heterocycles. The van der Waals surface area contributed by atoms with Gasteiger partial charge in [0.05, 0.1) is 5.56 Å². The van der Waals surface area contributed by atoms with E-state index in [9.17, 15) is 22.8 Å². The molecule has 0 aliphatic heterocycles. The highest BCUT2D eigenvalue weighted by Gasteiger charge is 2.30. The summed E-state index contributed by atoms with van der Waals surface area (Å²) in [7, 11) is 1.66. The number of ketones is 1. The first-order chi connectivity index (χ1) is 16.0. The summed E-state index contributed by atoms with van der Waals surface area (Å²) in [4.78, 5) is 26.8. The van der Waals surface area contributed by atoms with E-state index in [-0.39, 0.29) is 18.2 Å². The van der Waals surface area contributed by atoms with Crippen molar-refractivity contribution >= 4 is 34.9 Å². The minimum atomic E-state index is -4.38. The highest BCUT2D eigenvalue weighted by Crippen LogP contribution is 2.37. The Labute approximate surface area is 200 Å². The third kappa shape index (κ3) is 6.14. The number of carboxylic acid groups (broad SMARTS) is 1. The van der Waals surface area contributed by atoms with Gasteiger partial charge in [-0.05, 0) is 71.7 Å². The SMILES string of the molecule is CC(C)c1cc(-c2ccc(C(F)(F)F)cc2)sc1C=CC(=O)c1ccc(N(C)CC(=O)O)cc1. The molecule has 3 aromatic rings. The van der Waals surface area contributed by atoms with E-state index < -0.39 is 17.7 Å². The van der Waals surface area contributed by atoms with Gasteiger partial charge < -0.3 is 10.0 Å². The van der Waals surface area contributed by atoms with Crippen molar-refractivity contribution in [2.75, 3.05) is 18.5 Å². The molecule has 0 radical (unpaired) electrons. The van der Waals surface area contributed by atoms with Crippen molar-refractivity contribution < 1.29 is 27.9 Å². The molecule has 0 aliphatic rings. The predicted molar refractivity (Wildman–Crippen MR) is 130 cm³/mol. The number of allylic oxidation sites excluding steroid dienone is 1. The molecule has 1 aromatic heterocycles. The fourth-order valence-electron chi connectivity index (χ4n) is 3.39. The van der Waals surface area contributed by atoms with Gasteiger partial charge in [0.25, 0.3) is 0 Å². The molecule has 0 unspecified atom stereocenters. The number of nitrogens with zero attached hydrogens (tertiary/aromatic N) is 1. The lowest BCUT2D eigenvalue weighted by Crippen LogP contribution is -2.24. The maximum atomic E-state index is 12.9. The minimum absolute atomic E-state index is 0.148. The summed E-state index contributed by atoms with van der Waals surface area (Å²) in [5, 5.41) is 8.90. The van der Waals surface area contributed by atoms with Gasteiger partial charge in [0.2, 0.25) is 0 Å². The Kier molecular flexibility index (Phi) is 7.61. The van der Waals surface area contributed by atoms with Gasteiger partial charge in [-0.1, -0.05) is 26.0 Å². The number of aliphatic carboxylic acids is 1. The molecular weight excluding hydrogens is 463 g/mol. The van der Waals surface area contributed by atoms with Crippen LogP contribution >= 0.6 is 11.3 Å². The maximum absolute atomic E-state index is 12.9. The lowest BCUT2D eigenvalue weighted by atomic mass is 10.0. The summed E-state index contributed by atoms with van der Waals surface area (Å²) in [6, 6.07) is 13.7. The number of rotatable bonds is 8. The van der Waals surface area contributed by atoms with Gasteiger partial charge in [-0.2, -0.15) is 13.2 Å². The van der Waals surface area contributed by atoms with Crippen LogP contribution in [0.5, 0.6) is 0 Å². The van der Waals surface area contributed by atoms with Crippen LogP contribution in [0, 0.1) is 0 Å². The Balaban J connectivity index is 1.80. The van der Waals surface area contributed by atoms with Crippen LogP contribution in [-0.4, -0.2) is 30.5 Å². The van der Waals surface area contributed by atoms with Crippen molar-refractivity contribution in [3.05, 3.63) is 82.2 Å². The second kappa shape index (κ2) is 10.3. The first-order valence-corrected chi connectivity index (χ1v) is 11.3. The highest BCUT2D eigenvalue weighted by molar-refractivity contribution is 7.16. The van der Waals surface area contributed by atoms with E-state index in [1.807, 2.05) is 19.9 Å². The van der Waals surface area contributed by atoms with E-state index in [1.54, 1.807) is 42.3 Å².